The summed E-state index contributed by atoms with van der Waals surface area (Å²) in [4.78, 5) is 5.65. The summed E-state index contributed by atoms with van der Waals surface area (Å²) >= 11 is 1.80. The topological polar surface area (TPSA) is 24.9 Å². The molecule has 0 spiro atoms. The highest BCUT2D eigenvalue weighted by atomic mass is 32.1. The lowest BCUT2D eigenvalue weighted by Crippen LogP contribution is -2.35. The Labute approximate surface area is 102 Å². The lowest BCUT2D eigenvalue weighted by Gasteiger charge is -2.32. The zero-order chi connectivity index (χ0) is 11.5. The summed E-state index contributed by atoms with van der Waals surface area (Å²) in [6.07, 6.45) is 6.07. The van der Waals surface area contributed by atoms with E-state index in [4.69, 9.17) is 0 Å². The van der Waals surface area contributed by atoms with Crippen molar-refractivity contribution in [2.45, 2.75) is 52.6 Å². The van der Waals surface area contributed by atoms with Crippen molar-refractivity contribution in [3.8, 4) is 0 Å². The van der Waals surface area contributed by atoms with Crippen LogP contribution in [0, 0.1) is 18.8 Å². The second-order valence-electron chi connectivity index (χ2n) is 5.34. The average molecular weight is 238 g/mol. The third kappa shape index (κ3) is 3.29. The normalized spacial score (nSPS) is 30.6. The molecule has 1 aliphatic rings. The molecule has 1 heterocycles. The molecule has 3 heteroatoms. The van der Waals surface area contributed by atoms with Crippen LogP contribution < -0.4 is 5.32 Å². The van der Waals surface area contributed by atoms with E-state index in [0.29, 0.717) is 6.04 Å². The molecule has 2 atom stereocenters. The van der Waals surface area contributed by atoms with Gasteiger partial charge in [-0.25, -0.2) is 4.98 Å². The SMILES string of the molecule is Cc1ncc(CNC2CC(C)CC(C)C2)s1. The highest BCUT2D eigenvalue weighted by Crippen LogP contribution is 2.28. The minimum Gasteiger partial charge on any atom is -0.309 e. The fraction of sp³-hybridized carbons (Fsp3) is 0.769. The lowest BCUT2D eigenvalue weighted by molar-refractivity contribution is 0.238. The van der Waals surface area contributed by atoms with Gasteiger partial charge in [0, 0.05) is 23.7 Å². The number of hydrogen-bond donors (Lipinski definition) is 1. The van der Waals surface area contributed by atoms with E-state index >= 15 is 0 Å². The monoisotopic (exact) mass is 238 g/mol. The van der Waals surface area contributed by atoms with Crippen LogP contribution in [0.25, 0.3) is 0 Å². The van der Waals surface area contributed by atoms with Gasteiger partial charge in [0.15, 0.2) is 0 Å². The van der Waals surface area contributed by atoms with Gasteiger partial charge in [-0.3, -0.25) is 0 Å². The Morgan fingerprint density at radius 2 is 2.00 bits per heavy atom. The van der Waals surface area contributed by atoms with Crippen molar-refractivity contribution in [1.82, 2.24) is 10.3 Å². The maximum absolute atomic E-state index is 4.29. The van der Waals surface area contributed by atoms with Crippen LogP contribution in [0.15, 0.2) is 6.20 Å². The number of hydrogen-bond acceptors (Lipinski definition) is 3. The first-order valence-electron chi connectivity index (χ1n) is 6.28. The first-order chi connectivity index (χ1) is 7.63. The average Bonchev–Trinajstić information content (AvgIpc) is 2.60. The maximum atomic E-state index is 4.29. The number of aromatic nitrogens is 1. The van der Waals surface area contributed by atoms with Crippen molar-refractivity contribution in [2.24, 2.45) is 11.8 Å². The quantitative estimate of drug-likeness (QED) is 0.873. The molecule has 0 radical (unpaired) electrons. The number of thiazole rings is 1. The summed E-state index contributed by atoms with van der Waals surface area (Å²) in [5.74, 6) is 1.76. The van der Waals surface area contributed by atoms with Crippen LogP contribution in [0.5, 0.6) is 0 Å². The van der Waals surface area contributed by atoms with Gasteiger partial charge in [-0.15, -0.1) is 11.3 Å². The van der Waals surface area contributed by atoms with E-state index in [1.807, 2.05) is 6.20 Å². The first kappa shape index (κ1) is 12.1. The highest BCUT2D eigenvalue weighted by molar-refractivity contribution is 7.11. The molecule has 1 saturated carbocycles. The number of nitrogens with one attached hydrogen (secondary N) is 1. The molecule has 90 valence electrons. The third-order valence-corrected chi connectivity index (χ3v) is 4.33. The molecule has 0 aliphatic heterocycles. The van der Waals surface area contributed by atoms with Crippen LogP contribution >= 0.6 is 11.3 Å². The Morgan fingerprint density at radius 1 is 1.31 bits per heavy atom. The van der Waals surface area contributed by atoms with Gasteiger partial charge < -0.3 is 5.32 Å². The fourth-order valence-electron chi connectivity index (χ4n) is 2.85. The highest BCUT2D eigenvalue weighted by Gasteiger charge is 2.23. The largest absolute Gasteiger partial charge is 0.309 e. The van der Waals surface area contributed by atoms with Gasteiger partial charge in [0.05, 0.1) is 5.01 Å². The summed E-state index contributed by atoms with van der Waals surface area (Å²) in [7, 11) is 0. The minimum atomic E-state index is 0.709. The molecule has 0 bridgehead atoms. The molecule has 16 heavy (non-hydrogen) atoms. The van der Waals surface area contributed by atoms with Crippen LogP contribution in [0.1, 0.15) is 43.0 Å². The van der Waals surface area contributed by atoms with Crippen LogP contribution in [-0.2, 0) is 6.54 Å². The molecule has 0 aromatic carbocycles. The van der Waals surface area contributed by atoms with Crippen LogP contribution in [-0.4, -0.2) is 11.0 Å². The predicted octanol–water partition coefficient (Wildman–Crippen LogP) is 3.37. The van der Waals surface area contributed by atoms with Gasteiger partial charge in [-0.05, 0) is 38.0 Å². The van der Waals surface area contributed by atoms with Crippen molar-refractivity contribution < 1.29 is 0 Å². The minimum absolute atomic E-state index is 0.709. The third-order valence-electron chi connectivity index (χ3n) is 3.41. The second kappa shape index (κ2) is 5.28. The number of nitrogens with zero attached hydrogens (tertiary/aromatic N) is 1. The Morgan fingerprint density at radius 3 is 2.56 bits per heavy atom. The van der Waals surface area contributed by atoms with Crippen molar-refractivity contribution >= 4 is 11.3 Å². The van der Waals surface area contributed by atoms with Crippen LogP contribution in [0.3, 0.4) is 0 Å². The van der Waals surface area contributed by atoms with E-state index in [-0.39, 0.29) is 0 Å². The smallest absolute Gasteiger partial charge is 0.0897 e. The van der Waals surface area contributed by atoms with E-state index in [1.165, 1.54) is 29.1 Å². The fourth-order valence-corrected chi connectivity index (χ4v) is 3.59. The summed E-state index contributed by atoms with van der Waals surface area (Å²) in [5, 5.41) is 4.85. The van der Waals surface area contributed by atoms with Crippen LogP contribution in [0.4, 0.5) is 0 Å². The van der Waals surface area contributed by atoms with Gasteiger partial charge in [0.1, 0.15) is 0 Å². The van der Waals surface area contributed by atoms with Gasteiger partial charge >= 0.3 is 0 Å². The van der Waals surface area contributed by atoms with Gasteiger partial charge in [-0.2, -0.15) is 0 Å². The molecule has 1 fully saturated rings. The van der Waals surface area contributed by atoms with E-state index in [2.05, 4.69) is 31.1 Å². The van der Waals surface area contributed by atoms with Crippen molar-refractivity contribution in [1.29, 1.82) is 0 Å². The Bertz CT molecular complexity index is 324. The maximum Gasteiger partial charge on any atom is 0.0897 e. The molecule has 0 amide bonds. The molecule has 1 aromatic heterocycles. The molecular weight excluding hydrogens is 216 g/mol. The first-order valence-corrected chi connectivity index (χ1v) is 7.10. The van der Waals surface area contributed by atoms with Crippen molar-refractivity contribution in [2.75, 3.05) is 0 Å². The summed E-state index contributed by atoms with van der Waals surface area (Å²) in [5.41, 5.74) is 0. The molecule has 2 nitrogen and oxygen atoms in total. The predicted molar refractivity (Wildman–Crippen MR) is 69.7 cm³/mol. The van der Waals surface area contributed by atoms with E-state index in [9.17, 15) is 0 Å². The molecule has 1 aromatic rings. The Hall–Kier alpha value is -0.410. The summed E-state index contributed by atoms with van der Waals surface area (Å²) in [6.45, 7) is 7.82. The standard InChI is InChI=1S/C13H22N2S/c1-9-4-10(2)6-12(5-9)15-8-13-7-14-11(3)16-13/h7,9-10,12,15H,4-6,8H2,1-3H3. The van der Waals surface area contributed by atoms with Gasteiger partial charge in [0.25, 0.3) is 0 Å². The molecule has 1 N–H and O–H groups in total. The summed E-state index contributed by atoms with van der Waals surface area (Å²) in [6, 6.07) is 0.709. The Kier molecular flexibility index (Phi) is 3.98. The van der Waals surface area contributed by atoms with E-state index in [1.54, 1.807) is 11.3 Å². The number of rotatable bonds is 3. The zero-order valence-corrected chi connectivity index (χ0v) is 11.3. The van der Waals surface area contributed by atoms with Crippen molar-refractivity contribution in [3.05, 3.63) is 16.1 Å². The van der Waals surface area contributed by atoms with Gasteiger partial charge in [-0.1, -0.05) is 13.8 Å². The second-order valence-corrected chi connectivity index (χ2v) is 6.66. The lowest BCUT2D eigenvalue weighted by atomic mass is 9.80. The molecule has 2 unspecified atom stereocenters. The Balaban J connectivity index is 1.81. The number of aryl methyl sites for hydroxylation is 1. The van der Waals surface area contributed by atoms with Crippen molar-refractivity contribution in [3.63, 3.8) is 0 Å². The summed E-state index contributed by atoms with van der Waals surface area (Å²) < 4.78 is 0. The van der Waals surface area contributed by atoms with E-state index in [0.717, 1.165) is 18.4 Å². The molecule has 2 rings (SSSR count). The molecular formula is C13H22N2S. The molecule has 0 saturated heterocycles. The molecule has 1 aliphatic carbocycles. The zero-order valence-electron chi connectivity index (χ0n) is 10.5. The van der Waals surface area contributed by atoms with E-state index < -0.39 is 0 Å². The van der Waals surface area contributed by atoms with Gasteiger partial charge in [0.2, 0.25) is 0 Å². The van der Waals surface area contributed by atoms with Crippen LogP contribution in [0.2, 0.25) is 0 Å².